The van der Waals surface area contributed by atoms with E-state index >= 15 is 0 Å². The monoisotopic (exact) mass is 415 g/mol. The predicted molar refractivity (Wildman–Crippen MR) is 104 cm³/mol. The summed E-state index contributed by atoms with van der Waals surface area (Å²) in [6.07, 6.45) is -3.72. The van der Waals surface area contributed by atoms with Crippen molar-refractivity contribution in [2.45, 2.75) is 31.4 Å². The molecule has 3 aromatic rings. The smallest absolute Gasteiger partial charge is 0.205 e. The summed E-state index contributed by atoms with van der Waals surface area (Å²) in [6.45, 7) is 0. The van der Waals surface area contributed by atoms with Crippen LogP contribution in [0.2, 0.25) is 0 Å². The molecule has 0 spiro atoms. The fraction of sp³-hybridized carbons (Fsp3) is 0.208. The van der Waals surface area contributed by atoms with Gasteiger partial charge >= 0.3 is 6.18 Å². The van der Waals surface area contributed by atoms with Gasteiger partial charge in [-0.3, -0.25) is 0 Å². The Morgan fingerprint density at radius 2 is 1.30 bits per heavy atom. The first-order chi connectivity index (χ1) is 14.3. The molecule has 0 radical (unpaired) electrons. The molecule has 3 aromatic carbocycles. The van der Waals surface area contributed by atoms with Gasteiger partial charge in [0.25, 0.3) is 0 Å². The second-order valence-electron chi connectivity index (χ2n) is 7.07. The minimum atomic E-state index is -4.36. The van der Waals surface area contributed by atoms with Gasteiger partial charge in [-0.2, -0.15) is 18.4 Å². The number of nitriles is 1. The molecule has 0 heterocycles. The van der Waals surface area contributed by atoms with Crippen molar-refractivity contribution in [1.29, 1.82) is 5.26 Å². The Labute approximate surface area is 171 Å². The lowest BCUT2D eigenvalue weighted by Crippen LogP contribution is -2.23. The molecule has 1 atom stereocenters. The summed E-state index contributed by atoms with van der Waals surface area (Å²) in [5.74, 6) is -3.39. The Balaban J connectivity index is 1.68. The molecule has 6 heteroatoms. The van der Waals surface area contributed by atoms with E-state index in [2.05, 4.69) is 0 Å². The Hall–Kier alpha value is -3.20. The first-order valence-electron chi connectivity index (χ1n) is 9.35. The maximum atomic E-state index is 13.7. The van der Waals surface area contributed by atoms with E-state index in [0.29, 0.717) is 24.0 Å². The highest BCUT2D eigenvalue weighted by atomic mass is 19.4. The molecule has 30 heavy (non-hydrogen) atoms. The van der Waals surface area contributed by atoms with E-state index in [1.54, 1.807) is 42.5 Å². The normalized spacial score (nSPS) is 12.4. The van der Waals surface area contributed by atoms with E-state index in [4.69, 9.17) is 5.26 Å². The third kappa shape index (κ3) is 5.24. The van der Waals surface area contributed by atoms with E-state index in [9.17, 15) is 22.0 Å². The molecular weight excluding hydrogens is 397 g/mol. The van der Waals surface area contributed by atoms with Crippen LogP contribution < -0.4 is 0 Å². The number of halogens is 5. The molecule has 0 saturated heterocycles. The van der Waals surface area contributed by atoms with Crippen molar-refractivity contribution in [1.82, 2.24) is 0 Å². The van der Waals surface area contributed by atoms with Crippen molar-refractivity contribution < 1.29 is 22.0 Å². The van der Waals surface area contributed by atoms with E-state index in [0.717, 1.165) is 17.7 Å². The maximum Gasteiger partial charge on any atom is 0.396 e. The van der Waals surface area contributed by atoms with Gasteiger partial charge in [-0.25, -0.2) is 8.78 Å². The van der Waals surface area contributed by atoms with Gasteiger partial charge in [0.15, 0.2) is 0 Å². The first-order valence-corrected chi connectivity index (χ1v) is 9.35. The minimum absolute atomic E-state index is 0.167. The number of rotatable bonds is 6. The fourth-order valence-electron chi connectivity index (χ4n) is 3.35. The van der Waals surface area contributed by atoms with E-state index in [1.165, 1.54) is 18.2 Å². The molecule has 1 nitrogen and oxygen atoms in total. The average molecular weight is 415 g/mol. The lowest BCUT2D eigenvalue weighted by atomic mass is 9.91. The van der Waals surface area contributed by atoms with Crippen molar-refractivity contribution in [3.63, 3.8) is 0 Å². The molecule has 0 fully saturated rings. The minimum Gasteiger partial charge on any atom is -0.205 e. The van der Waals surface area contributed by atoms with Crippen molar-refractivity contribution in [2.24, 2.45) is 0 Å². The average Bonchev–Trinajstić information content (AvgIpc) is 2.71. The SMILES string of the molecule is N#Cc1c(F)cc(CCc2ccc(CC(c3ccccc3)C(F)(F)F)cc2)cc1F. The van der Waals surface area contributed by atoms with Gasteiger partial charge < -0.3 is 0 Å². The van der Waals surface area contributed by atoms with Crippen LogP contribution in [0, 0.1) is 23.0 Å². The third-order valence-electron chi connectivity index (χ3n) is 4.98. The van der Waals surface area contributed by atoms with E-state index < -0.39 is 29.3 Å². The van der Waals surface area contributed by atoms with Crippen LogP contribution in [0.5, 0.6) is 0 Å². The highest BCUT2D eigenvalue weighted by molar-refractivity contribution is 5.36. The van der Waals surface area contributed by atoms with Crippen molar-refractivity contribution in [3.05, 3.63) is 106 Å². The van der Waals surface area contributed by atoms with Crippen LogP contribution in [0.15, 0.2) is 66.7 Å². The standard InChI is InChI=1S/C24H18F5N/c25-22-13-18(14-23(26)20(22)15-30)11-8-16-6-9-17(10-7-16)12-21(24(27,28)29)19-4-2-1-3-5-19/h1-7,9-10,13-14,21H,8,11-12H2. The van der Waals surface area contributed by atoms with Gasteiger partial charge in [0.1, 0.15) is 23.3 Å². The second-order valence-corrected chi connectivity index (χ2v) is 7.07. The molecule has 0 aliphatic carbocycles. The lowest BCUT2D eigenvalue weighted by Gasteiger charge is -2.21. The Morgan fingerprint density at radius 1 is 0.767 bits per heavy atom. The molecule has 0 N–H and O–H groups in total. The Morgan fingerprint density at radius 3 is 1.83 bits per heavy atom. The zero-order chi connectivity index (χ0) is 21.7. The predicted octanol–water partition coefficient (Wildman–Crippen LogP) is 6.51. The molecule has 0 aliphatic heterocycles. The zero-order valence-electron chi connectivity index (χ0n) is 15.9. The third-order valence-corrected chi connectivity index (χ3v) is 4.98. The van der Waals surface area contributed by atoms with Crippen LogP contribution in [0.3, 0.4) is 0 Å². The fourth-order valence-corrected chi connectivity index (χ4v) is 3.35. The summed E-state index contributed by atoms with van der Waals surface area (Å²) >= 11 is 0. The molecular formula is C24H18F5N. The van der Waals surface area contributed by atoms with Gasteiger partial charge in [0.2, 0.25) is 0 Å². The van der Waals surface area contributed by atoms with E-state index in [-0.39, 0.29) is 12.0 Å². The van der Waals surface area contributed by atoms with Crippen LogP contribution >= 0.6 is 0 Å². The van der Waals surface area contributed by atoms with Gasteiger partial charge in [-0.05, 0) is 53.6 Å². The van der Waals surface area contributed by atoms with Crippen LogP contribution in [-0.4, -0.2) is 6.18 Å². The molecule has 0 aromatic heterocycles. The summed E-state index contributed by atoms with van der Waals surface area (Å²) in [7, 11) is 0. The summed E-state index contributed by atoms with van der Waals surface area (Å²) in [5.41, 5.74) is 1.42. The van der Waals surface area contributed by atoms with Crippen molar-refractivity contribution >= 4 is 0 Å². The zero-order valence-corrected chi connectivity index (χ0v) is 15.9. The molecule has 0 bridgehead atoms. The maximum absolute atomic E-state index is 13.7. The summed E-state index contributed by atoms with van der Waals surface area (Å²) in [6, 6.07) is 18.3. The van der Waals surface area contributed by atoms with Crippen LogP contribution in [0.4, 0.5) is 22.0 Å². The van der Waals surface area contributed by atoms with Crippen molar-refractivity contribution in [2.75, 3.05) is 0 Å². The van der Waals surface area contributed by atoms with Gasteiger partial charge in [0.05, 0.1) is 5.92 Å². The second kappa shape index (κ2) is 9.08. The molecule has 3 rings (SSSR count). The number of alkyl halides is 3. The van der Waals surface area contributed by atoms with Gasteiger partial charge in [-0.1, -0.05) is 54.6 Å². The summed E-state index contributed by atoms with van der Waals surface area (Å²) in [5, 5.41) is 8.71. The van der Waals surface area contributed by atoms with Crippen LogP contribution in [-0.2, 0) is 19.3 Å². The largest absolute Gasteiger partial charge is 0.396 e. The van der Waals surface area contributed by atoms with Gasteiger partial charge in [0, 0.05) is 0 Å². The molecule has 0 saturated carbocycles. The Kier molecular flexibility index (Phi) is 6.51. The van der Waals surface area contributed by atoms with Crippen molar-refractivity contribution in [3.8, 4) is 6.07 Å². The van der Waals surface area contributed by atoms with Gasteiger partial charge in [-0.15, -0.1) is 0 Å². The number of nitrogens with zero attached hydrogens (tertiary/aromatic N) is 1. The first kappa shape index (κ1) is 21.5. The highest BCUT2D eigenvalue weighted by Crippen LogP contribution is 2.37. The highest BCUT2D eigenvalue weighted by Gasteiger charge is 2.40. The molecule has 154 valence electrons. The molecule has 0 amide bonds. The summed E-state index contributed by atoms with van der Waals surface area (Å²) in [4.78, 5) is 0. The van der Waals surface area contributed by atoms with Crippen LogP contribution in [0.1, 0.15) is 33.7 Å². The summed E-state index contributed by atoms with van der Waals surface area (Å²) < 4.78 is 67.9. The number of aryl methyl sites for hydroxylation is 2. The number of benzene rings is 3. The lowest BCUT2D eigenvalue weighted by molar-refractivity contribution is -0.150. The number of hydrogen-bond donors (Lipinski definition) is 0. The Bertz CT molecular complexity index is 1010. The molecule has 1 unspecified atom stereocenters. The van der Waals surface area contributed by atoms with E-state index in [1.807, 2.05) is 0 Å². The molecule has 0 aliphatic rings. The van der Waals surface area contributed by atoms with Crippen LogP contribution in [0.25, 0.3) is 0 Å². The quantitative estimate of drug-likeness (QED) is 0.421. The number of hydrogen-bond acceptors (Lipinski definition) is 1. The topological polar surface area (TPSA) is 23.8 Å².